The van der Waals surface area contributed by atoms with Crippen molar-refractivity contribution in [3.05, 3.63) is 70.1 Å². The molecule has 2 aliphatic rings. The van der Waals surface area contributed by atoms with E-state index < -0.39 is 0 Å². The Morgan fingerprint density at radius 1 is 0.970 bits per heavy atom. The highest BCUT2D eigenvalue weighted by Crippen LogP contribution is 2.47. The third-order valence-corrected chi connectivity index (χ3v) is 7.46. The van der Waals surface area contributed by atoms with Gasteiger partial charge in [0.15, 0.2) is 0 Å². The van der Waals surface area contributed by atoms with Crippen molar-refractivity contribution in [3.8, 4) is 11.3 Å². The number of hydrogen-bond donors (Lipinski definition) is 0. The van der Waals surface area contributed by atoms with Crippen LogP contribution in [0.3, 0.4) is 0 Å². The van der Waals surface area contributed by atoms with E-state index in [1.165, 1.54) is 6.42 Å². The minimum absolute atomic E-state index is 0.0269. The quantitative estimate of drug-likeness (QED) is 0.399. The summed E-state index contributed by atoms with van der Waals surface area (Å²) in [6.07, 6.45) is 5.42. The average molecular weight is 445 g/mol. The first-order valence-corrected chi connectivity index (χ1v) is 12.3. The van der Waals surface area contributed by atoms with E-state index in [1.807, 2.05) is 36.4 Å². The van der Waals surface area contributed by atoms with Gasteiger partial charge in [0.05, 0.1) is 10.9 Å². The second-order valence-corrected chi connectivity index (χ2v) is 10.3. The molecular formula is C29H32O4. The number of hydrogen-bond acceptors (Lipinski definition) is 4. The van der Waals surface area contributed by atoms with Gasteiger partial charge >= 0.3 is 11.6 Å². The third kappa shape index (κ3) is 4.36. The van der Waals surface area contributed by atoms with Crippen LogP contribution in [-0.4, -0.2) is 12.1 Å². The molecule has 0 amide bonds. The van der Waals surface area contributed by atoms with Crippen molar-refractivity contribution in [1.82, 2.24) is 0 Å². The van der Waals surface area contributed by atoms with Crippen molar-refractivity contribution < 1.29 is 13.9 Å². The molecule has 2 saturated carbocycles. The van der Waals surface area contributed by atoms with Crippen LogP contribution in [0.2, 0.25) is 0 Å². The van der Waals surface area contributed by atoms with Crippen molar-refractivity contribution in [2.75, 3.05) is 0 Å². The standard InChI is InChI=1S/C29H32O4/c1-17(2)22-15-8-18(3)16-25(22)32-28(30)21-13-11-20(12-14-21)27-26(19-9-10-19)23-6-4-5-7-24(23)29(31)33-27/h4-7,11-14,17-19,22,25H,8-10,15-16H2,1-3H3/t18-,22+,25-/m1/s1. The fourth-order valence-corrected chi connectivity index (χ4v) is 5.43. The molecule has 4 nitrogen and oxygen atoms in total. The highest BCUT2D eigenvalue weighted by Gasteiger charge is 2.34. The molecule has 33 heavy (non-hydrogen) atoms. The predicted molar refractivity (Wildman–Crippen MR) is 130 cm³/mol. The van der Waals surface area contributed by atoms with E-state index in [2.05, 4.69) is 20.8 Å². The average Bonchev–Trinajstić information content (AvgIpc) is 3.64. The molecule has 0 saturated heterocycles. The highest BCUT2D eigenvalue weighted by atomic mass is 16.5. The van der Waals surface area contributed by atoms with Gasteiger partial charge in [-0.25, -0.2) is 9.59 Å². The summed E-state index contributed by atoms with van der Waals surface area (Å²) >= 11 is 0. The molecule has 2 aromatic carbocycles. The third-order valence-electron chi connectivity index (χ3n) is 7.46. The van der Waals surface area contributed by atoms with Gasteiger partial charge in [-0.3, -0.25) is 0 Å². The first-order valence-electron chi connectivity index (χ1n) is 12.3. The summed E-state index contributed by atoms with van der Waals surface area (Å²) in [4.78, 5) is 25.6. The van der Waals surface area contributed by atoms with Gasteiger partial charge in [-0.05, 0) is 72.9 Å². The van der Waals surface area contributed by atoms with Gasteiger partial charge in [0.1, 0.15) is 11.9 Å². The molecule has 0 radical (unpaired) electrons. The van der Waals surface area contributed by atoms with Gasteiger partial charge < -0.3 is 9.15 Å². The van der Waals surface area contributed by atoms with E-state index in [1.54, 1.807) is 12.1 Å². The summed E-state index contributed by atoms with van der Waals surface area (Å²) in [6, 6.07) is 15.0. The molecule has 2 fully saturated rings. The van der Waals surface area contributed by atoms with E-state index >= 15 is 0 Å². The zero-order valence-electron chi connectivity index (χ0n) is 19.7. The van der Waals surface area contributed by atoms with Crippen LogP contribution in [0.1, 0.15) is 74.7 Å². The summed E-state index contributed by atoms with van der Waals surface area (Å²) < 4.78 is 11.8. The Bertz CT molecular complexity index is 1220. The smallest absolute Gasteiger partial charge is 0.344 e. The zero-order chi connectivity index (χ0) is 23.1. The lowest BCUT2D eigenvalue weighted by Gasteiger charge is -2.36. The number of carbonyl (C=O) groups excluding carboxylic acids is 1. The van der Waals surface area contributed by atoms with Crippen LogP contribution in [0.25, 0.3) is 22.1 Å². The lowest BCUT2D eigenvalue weighted by atomic mass is 9.75. The molecule has 0 spiro atoms. The van der Waals surface area contributed by atoms with Crippen molar-refractivity contribution >= 4 is 16.7 Å². The molecule has 3 aromatic rings. The molecule has 4 heteroatoms. The van der Waals surface area contributed by atoms with Crippen molar-refractivity contribution in [3.63, 3.8) is 0 Å². The summed E-state index contributed by atoms with van der Waals surface area (Å²) in [5, 5.41) is 1.60. The van der Waals surface area contributed by atoms with Gasteiger partial charge in [0.2, 0.25) is 0 Å². The maximum absolute atomic E-state index is 13.0. The second kappa shape index (κ2) is 8.81. The molecule has 0 N–H and O–H groups in total. The molecule has 5 rings (SSSR count). The molecular weight excluding hydrogens is 412 g/mol. The van der Waals surface area contributed by atoms with Gasteiger partial charge in [0.25, 0.3) is 0 Å². The Morgan fingerprint density at radius 2 is 1.67 bits per heavy atom. The molecule has 0 bridgehead atoms. The van der Waals surface area contributed by atoms with E-state index in [4.69, 9.17) is 9.15 Å². The van der Waals surface area contributed by atoms with Gasteiger partial charge in [-0.1, -0.05) is 57.5 Å². The number of rotatable bonds is 5. The Labute approximate surface area is 195 Å². The van der Waals surface area contributed by atoms with Gasteiger partial charge in [0, 0.05) is 11.1 Å². The number of benzene rings is 2. The highest BCUT2D eigenvalue weighted by molar-refractivity contribution is 5.92. The maximum atomic E-state index is 13.0. The number of esters is 1. The lowest BCUT2D eigenvalue weighted by Crippen LogP contribution is -2.35. The maximum Gasteiger partial charge on any atom is 0.344 e. The minimum Gasteiger partial charge on any atom is -0.458 e. The van der Waals surface area contributed by atoms with Crippen molar-refractivity contribution in [1.29, 1.82) is 0 Å². The fraction of sp³-hybridized carbons (Fsp3) is 0.448. The van der Waals surface area contributed by atoms with Crippen LogP contribution >= 0.6 is 0 Å². The molecule has 172 valence electrons. The van der Waals surface area contributed by atoms with Crippen LogP contribution in [-0.2, 0) is 4.74 Å². The SMILES string of the molecule is CC(C)[C@@H]1CC[C@@H](C)C[C@H]1OC(=O)c1ccc(-c2oc(=O)c3ccccc3c2C2CC2)cc1. The normalized spacial score (nSPS) is 23.1. The first kappa shape index (κ1) is 21.9. The molecule has 2 aliphatic carbocycles. The van der Waals surface area contributed by atoms with Crippen molar-refractivity contribution in [2.24, 2.45) is 17.8 Å². The molecule has 1 aromatic heterocycles. The van der Waals surface area contributed by atoms with Gasteiger partial charge in [-0.15, -0.1) is 0 Å². The zero-order valence-corrected chi connectivity index (χ0v) is 19.7. The Hall–Kier alpha value is -2.88. The summed E-state index contributed by atoms with van der Waals surface area (Å²) in [6.45, 7) is 6.66. The first-order chi connectivity index (χ1) is 15.9. The second-order valence-electron chi connectivity index (χ2n) is 10.3. The summed E-state index contributed by atoms with van der Waals surface area (Å²) in [5.41, 5.74) is 2.15. The molecule has 0 unspecified atom stereocenters. The Balaban J connectivity index is 1.42. The van der Waals surface area contributed by atoms with Crippen LogP contribution in [0, 0.1) is 17.8 Å². The van der Waals surface area contributed by atoms with E-state index in [0.29, 0.717) is 40.4 Å². The van der Waals surface area contributed by atoms with Crippen molar-refractivity contribution in [2.45, 2.75) is 64.9 Å². The van der Waals surface area contributed by atoms with E-state index in [0.717, 1.165) is 42.2 Å². The monoisotopic (exact) mass is 444 g/mol. The predicted octanol–water partition coefficient (Wildman–Crippen LogP) is 6.96. The Morgan fingerprint density at radius 3 is 2.33 bits per heavy atom. The number of ether oxygens (including phenoxy) is 1. The lowest BCUT2D eigenvalue weighted by molar-refractivity contribution is -0.0174. The summed E-state index contributed by atoms with van der Waals surface area (Å²) in [5.74, 6) is 2.26. The topological polar surface area (TPSA) is 56.5 Å². The van der Waals surface area contributed by atoms with E-state index in [-0.39, 0.29) is 17.7 Å². The molecule has 0 aliphatic heterocycles. The van der Waals surface area contributed by atoms with Crippen LogP contribution in [0.4, 0.5) is 0 Å². The van der Waals surface area contributed by atoms with Crippen LogP contribution in [0.15, 0.2) is 57.7 Å². The number of fused-ring (bicyclic) bond motifs is 1. The van der Waals surface area contributed by atoms with Gasteiger partial charge in [-0.2, -0.15) is 0 Å². The van der Waals surface area contributed by atoms with Crippen LogP contribution in [0.5, 0.6) is 0 Å². The number of carbonyl (C=O) groups is 1. The molecule has 3 atom stereocenters. The Kier molecular flexibility index (Phi) is 5.86. The summed E-state index contributed by atoms with van der Waals surface area (Å²) in [7, 11) is 0. The molecule has 1 heterocycles. The fourth-order valence-electron chi connectivity index (χ4n) is 5.43. The largest absolute Gasteiger partial charge is 0.458 e. The van der Waals surface area contributed by atoms with Crippen LogP contribution < -0.4 is 5.63 Å². The minimum atomic E-state index is -0.320. The van der Waals surface area contributed by atoms with E-state index in [9.17, 15) is 9.59 Å².